The molecule has 0 bridgehead atoms. The van der Waals surface area contributed by atoms with Gasteiger partial charge in [-0.3, -0.25) is 0 Å². The van der Waals surface area contributed by atoms with Gasteiger partial charge in [0.1, 0.15) is 0 Å². The van der Waals surface area contributed by atoms with Crippen molar-refractivity contribution in [2.75, 3.05) is 0 Å². The van der Waals surface area contributed by atoms with Crippen molar-refractivity contribution in [1.29, 1.82) is 0 Å². The molecule has 158 valence electrons. The first-order chi connectivity index (χ1) is 14.2. The number of hydrogen-bond acceptors (Lipinski definition) is 0. The molecule has 0 N–H and O–H groups in total. The summed E-state index contributed by atoms with van der Waals surface area (Å²) in [6.45, 7) is 4.59. The van der Waals surface area contributed by atoms with E-state index in [9.17, 15) is 0 Å². The minimum atomic E-state index is 0.797. The van der Waals surface area contributed by atoms with E-state index in [0.717, 1.165) is 30.1 Å². The molecule has 2 aromatic carbocycles. The lowest BCUT2D eigenvalue weighted by Gasteiger charge is -2.32. The van der Waals surface area contributed by atoms with Gasteiger partial charge in [0.2, 0.25) is 0 Å². The average Bonchev–Trinajstić information content (AvgIpc) is 2.78. The minimum Gasteiger partial charge on any atom is -0.0654 e. The van der Waals surface area contributed by atoms with Gasteiger partial charge < -0.3 is 0 Å². The van der Waals surface area contributed by atoms with Crippen molar-refractivity contribution < 1.29 is 0 Å². The second-order valence-electron chi connectivity index (χ2n) is 10.3. The van der Waals surface area contributed by atoms with Gasteiger partial charge in [-0.05, 0) is 77.7 Å². The molecule has 0 heterocycles. The maximum atomic E-state index is 2.48. The van der Waals surface area contributed by atoms with Gasteiger partial charge in [0.05, 0.1) is 0 Å². The third kappa shape index (κ3) is 5.44. The molecule has 2 fully saturated rings. The molecular formula is C29H42. The Morgan fingerprint density at radius 3 is 1.79 bits per heavy atom. The molecule has 0 spiro atoms. The second-order valence-corrected chi connectivity index (χ2v) is 10.3. The van der Waals surface area contributed by atoms with Crippen molar-refractivity contribution >= 4 is 10.8 Å². The molecule has 0 aromatic heterocycles. The first-order valence-electron chi connectivity index (χ1n) is 12.8. The van der Waals surface area contributed by atoms with Gasteiger partial charge in [-0.15, -0.1) is 0 Å². The van der Waals surface area contributed by atoms with Crippen LogP contribution in [0.2, 0.25) is 0 Å². The highest BCUT2D eigenvalue weighted by atomic mass is 14.3. The van der Waals surface area contributed by atoms with E-state index in [2.05, 4.69) is 50.2 Å². The van der Waals surface area contributed by atoms with Crippen LogP contribution in [-0.4, -0.2) is 0 Å². The highest BCUT2D eigenvalue weighted by Crippen LogP contribution is 2.40. The Kier molecular flexibility index (Phi) is 7.33. The molecule has 2 aliphatic carbocycles. The SMILES string of the molecule is CCCC1CCC(CCC2CCC(c3ccc4cc(CC)ccc4c3)CC2)CC1. The van der Waals surface area contributed by atoms with Gasteiger partial charge in [0, 0.05) is 0 Å². The lowest BCUT2D eigenvalue weighted by atomic mass is 9.74. The van der Waals surface area contributed by atoms with Crippen LogP contribution in [-0.2, 0) is 6.42 Å². The Bertz CT molecular complexity index is 757. The molecule has 2 aliphatic rings. The zero-order valence-corrected chi connectivity index (χ0v) is 19.0. The van der Waals surface area contributed by atoms with Gasteiger partial charge in [0.15, 0.2) is 0 Å². The summed E-state index contributed by atoms with van der Waals surface area (Å²) in [6, 6.07) is 14.3. The zero-order valence-electron chi connectivity index (χ0n) is 19.0. The average molecular weight is 391 g/mol. The molecule has 0 heteroatoms. The molecule has 4 rings (SSSR count). The van der Waals surface area contributed by atoms with Gasteiger partial charge in [-0.1, -0.05) is 102 Å². The summed E-state index contributed by atoms with van der Waals surface area (Å²) < 4.78 is 0. The van der Waals surface area contributed by atoms with Gasteiger partial charge in [-0.2, -0.15) is 0 Å². The number of benzene rings is 2. The normalized spacial score (nSPS) is 27.9. The van der Waals surface area contributed by atoms with E-state index >= 15 is 0 Å². The fraction of sp³-hybridized carbons (Fsp3) is 0.655. The maximum Gasteiger partial charge on any atom is -0.0162 e. The Hall–Kier alpha value is -1.30. The van der Waals surface area contributed by atoms with E-state index in [0.29, 0.717) is 0 Å². The van der Waals surface area contributed by atoms with Crippen LogP contribution in [0, 0.1) is 17.8 Å². The summed E-state index contributed by atoms with van der Waals surface area (Å²) in [5.74, 6) is 3.91. The molecule has 2 saturated carbocycles. The van der Waals surface area contributed by atoms with Gasteiger partial charge in [-0.25, -0.2) is 0 Å². The van der Waals surface area contributed by atoms with Crippen LogP contribution in [0.15, 0.2) is 36.4 Å². The van der Waals surface area contributed by atoms with E-state index < -0.39 is 0 Å². The Labute approximate surface area is 179 Å². The number of hydrogen-bond donors (Lipinski definition) is 0. The van der Waals surface area contributed by atoms with Crippen molar-refractivity contribution in [3.8, 4) is 0 Å². The van der Waals surface area contributed by atoms with Crippen LogP contribution in [0.5, 0.6) is 0 Å². The van der Waals surface area contributed by atoms with Crippen LogP contribution in [0.3, 0.4) is 0 Å². The number of rotatable bonds is 7. The molecule has 0 saturated heterocycles. The highest BCUT2D eigenvalue weighted by Gasteiger charge is 2.25. The van der Waals surface area contributed by atoms with E-state index in [1.165, 1.54) is 93.4 Å². The van der Waals surface area contributed by atoms with Crippen LogP contribution in [0.25, 0.3) is 10.8 Å². The molecular weight excluding hydrogens is 348 g/mol. The lowest BCUT2D eigenvalue weighted by molar-refractivity contribution is 0.224. The van der Waals surface area contributed by atoms with Crippen molar-refractivity contribution in [3.05, 3.63) is 47.5 Å². The summed E-state index contributed by atoms with van der Waals surface area (Å²) in [6.07, 6.45) is 18.8. The maximum absolute atomic E-state index is 2.48. The number of fused-ring (bicyclic) bond motifs is 1. The third-order valence-corrected chi connectivity index (χ3v) is 8.30. The second kappa shape index (κ2) is 10.1. The summed E-state index contributed by atoms with van der Waals surface area (Å²) >= 11 is 0. The van der Waals surface area contributed by atoms with E-state index in [1.54, 1.807) is 5.56 Å². The molecule has 0 aliphatic heterocycles. The molecule has 0 atom stereocenters. The largest absolute Gasteiger partial charge is 0.0654 e. The molecule has 0 unspecified atom stereocenters. The van der Waals surface area contributed by atoms with Crippen LogP contribution < -0.4 is 0 Å². The summed E-state index contributed by atoms with van der Waals surface area (Å²) in [7, 11) is 0. The predicted molar refractivity (Wildman–Crippen MR) is 128 cm³/mol. The van der Waals surface area contributed by atoms with Gasteiger partial charge in [0.25, 0.3) is 0 Å². The van der Waals surface area contributed by atoms with Crippen molar-refractivity contribution in [1.82, 2.24) is 0 Å². The third-order valence-electron chi connectivity index (χ3n) is 8.30. The first-order valence-corrected chi connectivity index (χ1v) is 12.8. The number of aryl methyl sites for hydroxylation is 1. The van der Waals surface area contributed by atoms with E-state index in [1.807, 2.05) is 0 Å². The monoisotopic (exact) mass is 390 g/mol. The fourth-order valence-corrected chi connectivity index (χ4v) is 6.26. The smallest absolute Gasteiger partial charge is 0.0162 e. The molecule has 0 nitrogen and oxygen atoms in total. The van der Waals surface area contributed by atoms with Crippen molar-refractivity contribution in [3.63, 3.8) is 0 Å². The fourth-order valence-electron chi connectivity index (χ4n) is 6.26. The van der Waals surface area contributed by atoms with E-state index in [-0.39, 0.29) is 0 Å². The Balaban J connectivity index is 1.24. The molecule has 29 heavy (non-hydrogen) atoms. The highest BCUT2D eigenvalue weighted by molar-refractivity contribution is 5.84. The standard InChI is InChI=1S/C29H42/c1-3-5-23-6-8-24(9-7-23)10-11-25-13-15-26(16-14-25)28-19-18-27-20-22(4-2)12-17-29(27)21-28/h12,17-21,23-26H,3-11,13-16H2,1-2H3. The van der Waals surface area contributed by atoms with Gasteiger partial charge >= 0.3 is 0 Å². The van der Waals surface area contributed by atoms with Crippen molar-refractivity contribution in [2.24, 2.45) is 17.8 Å². The van der Waals surface area contributed by atoms with E-state index in [4.69, 9.17) is 0 Å². The summed E-state index contributed by atoms with van der Waals surface area (Å²) in [4.78, 5) is 0. The van der Waals surface area contributed by atoms with Crippen LogP contribution >= 0.6 is 0 Å². The molecule has 0 radical (unpaired) electrons. The lowest BCUT2D eigenvalue weighted by Crippen LogP contribution is -2.17. The Morgan fingerprint density at radius 2 is 1.17 bits per heavy atom. The molecule has 0 amide bonds. The summed E-state index contributed by atoms with van der Waals surface area (Å²) in [5, 5.41) is 2.84. The minimum absolute atomic E-state index is 0.797. The van der Waals surface area contributed by atoms with Crippen LogP contribution in [0.4, 0.5) is 0 Å². The van der Waals surface area contributed by atoms with Crippen molar-refractivity contribution in [2.45, 2.75) is 103 Å². The predicted octanol–water partition coefficient (Wildman–Crippen LogP) is 9.06. The topological polar surface area (TPSA) is 0 Å². The first kappa shape index (κ1) is 21.0. The quantitative estimate of drug-likeness (QED) is 0.442. The summed E-state index contributed by atoms with van der Waals surface area (Å²) in [5.41, 5.74) is 3.04. The molecule has 2 aromatic rings. The Morgan fingerprint density at radius 1 is 0.621 bits per heavy atom. The van der Waals surface area contributed by atoms with Crippen LogP contribution in [0.1, 0.15) is 108 Å². The zero-order chi connectivity index (χ0) is 20.1.